The number of nitrogens with zero attached hydrogens (tertiary/aromatic N) is 7. The van der Waals surface area contributed by atoms with E-state index in [9.17, 15) is 9.18 Å². The molecule has 13 nitrogen and oxygen atoms in total. The highest BCUT2D eigenvalue weighted by molar-refractivity contribution is 5.91. The number of rotatable bonds is 9. The van der Waals surface area contributed by atoms with Crippen LogP contribution in [0.15, 0.2) is 61.1 Å². The lowest BCUT2D eigenvalue weighted by Crippen LogP contribution is -2.66. The van der Waals surface area contributed by atoms with Crippen LogP contribution in [0.5, 0.6) is 0 Å². The number of ether oxygens (including phenoxy) is 2. The summed E-state index contributed by atoms with van der Waals surface area (Å²) in [6, 6.07) is 11.6. The summed E-state index contributed by atoms with van der Waals surface area (Å²) in [7, 11) is 1.61. The predicted molar refractivity (Wildman–Crippen MR) is 162 cm³/mol. The predicted octanol–water partition coefficient (Wildman–Crippen LogP) is 3.13. The van der Waals surface area contributed by atoms with Gasteiger partial charge >= 0.3 is 6.03 Å². The summed E-state index contributed by atoms with van der Waals surface area (Å²) in [5.41, 5.74) is 3.72. The van der Waals surface area contributed by atoms with Gasteiger partial charge in [0.15, 0.2) is 0 Å². The standard InChI is InChI=1S/C31H34FN9O4/c1-20-26(22-13-34-29(35-14-22)39-16-31(17-39)18-44-19-31)38-41(23-6-4-3-5-7-23)28(20)37-30(42)36-24-15-40(10-11-43-2)45-27(24)21-8-9-33-25(32)12-21/h3-9,12-14,24,27H,10-11,15-19H2,1-2H3,(H2,36,37,42)/t24-,27+/m1/s1. The monoisotopic (exact) mass is 615 g/mol. The molecule has 0 bridgehead atoms. The fourth-order valence-electron chi connectivity index (χ4n) is 6.01. The largest absolute Gasteiger partial charge is 0.383 e. The van der Waals surface area contributed by atoms with E-state index in [1.165, 1.54) is 12.3 Å². The number of halogens is 1. The van der Waals surface area contributed by atoms with Gasteiger partial charge in [-0.05, 0) is 36.8 Å². The lowest BCUT2D eigenvalue weighted by atomic mass is 9.78. The van der Waals surface area contributed by atoms with Crippen LogP contribution in [0.4, 0.5) is 21.0 Å². The molecule has 3 aliphatic rings. The van der Waals surface area contributed by atoms with E-state index in [-0.39, 0.29) is 5.41 Å². The highest BCUT2D eigenvalue weighted by atomic mass is 19.1. The van der Waals surface area contributed by atoms with Crippen LogP contribution in [0.3, 0.4) is 0 Å². The Morgan fingerprint density at radius 3 is 2.60 bits per heavy atom. The van der Waals surface area contributed by atoms with Gasteiger partial charge in [-0.15, -0.1) is 0 Å². The summed E-state index contributed by atoms with van der Waals surface area (Å²) in [4.78, 5) is 34.7. The van der Waals surface area contributed by atoms with Crippen molar-refractivity contribution in [2.75, 3.05) is 63.3 Å². The molecule has 6 heterocycles. The fraction of sp³-hybridized carbons (Fsp3) is 0.387. The first-order valence-electron chi connectivity index (χ1n) is 14.8. The van der Waals surface area contributed by atoms with Crippen molar-refractivity contribution < 1.29 is 23.5 Å². The van der Waals surface area contributed by atoms with Gasteiger partial charge in [-0.3, -0.25) is 10.2 Å². The Hall–Kier alpha value is -4.50. The maximum atomic E-state index is 14.0. The number of hydrogen-bond donors (Lipinski definition) is 2. The van der Waals surface area contributed by atoms with Crippen LogP contribution >= 0.6 is 0 Å². The summed E-state index contributed by atoms with van der Waals surface area (Å²) < 4.78 is 26.3. The lowest BCUT2D eigenvalue weighted by Gasteiger charge is -2.54. The number of urea groups is 1. The summed E-state index contributed by atoms with van der Waals surface area (Å²) >= 11 is 0. The average Bonchev–Trinajstić information content (AvgIpc) is 3.55. The molecule has 3 aromatic heterocycles. The Labute approximate surface area is 259 Å². The van der Waals surface area contributed by atoms with Crippen LogP contribution in [0, 0.1) is 18.3 Å². The van der Waals surface area contributed by atoms with E-state index in [1.807, 2.05) is 37.3 Å². The van der Waals surface area contributed by atoms with Gasteiger partial charge in [-0.25, -0.2) is 24.4 Å². The van der Waals surface area contributed by atoms with Crippen molar-refractivity contribution in [1.29, 1.82) is 0 Å². The molecule has 14 heteroatoms. The summed E-state index contributed by atoms with van der Waals surface area (Å²) in [6.45, 7) is 6.57. The van der Waals surface area contributed by atoms with E-state index in [0.29, 0.717) is 42.7 Å². The maximum absolute atomic E-state index is 14.0. The SMILES string of the molecule is COCCN1C[C@@H](NC(=O)Nc2c(C)c(-c3cnc(N4CC5(COC5)C4)nc3)nn2-c2ccccc2)[C@H](c2ccnc(F)c2)O1. The van der Waals surface area contributed by atoms with Crippen molar-refractivity contribution in [3.63, 3.8) is 0 Å². The van der Waals surface area contributed by atoms with Crippen molar-refractivity contribution in [3.05, 3.63) is 78.1 Å². The van der Waals surface area contributed by atoms with Gasteiger partial charge in [0, 0.05) is 63.0 Å². The molecule has 0 unspecified atom stereocenters. The first kappa shape index (κ1) is 29.2. The van der Waals surface area contributed by atoms with E-state index in [1.54, 1.807) is 35.3 Å². The molecule has 2 atom stereocenters. The van der Waals surface area contributed by atoms with Crippen LogP contribution in [-0.4, -0.2) is 95.0 Å². The van der Waals surface area contributed by atoms with Gasteiger partial charge < -0.3 is 19.7 Å². The fourth-order valence-corrected chi connectivity index (χ4v) is 6.01. The molecule has 0 saturated carbocycles. The number of nitrogens with one attached hydrogen (secondary N) is 2. The molecule has 7 rings (SSSR count). The van der Waals surface area contributed by atoms with E-state index in [0.717, 1.165) is 43.1 Å². The van der Waals surface area contributed by atoms with Crippen LogP contribution in [-0.2, 0) is 14.3 Å². The second-order valence-electron chi connectivity index (χ2n) is 11.7. The number of amides is 2. The second kappa shape index (κ2) is 12.1. The quantitative estimate of drug-likeness (QED) is 0.271. The number of hydrogen-bond acceptors (Lipinski definition) is 10. The smallest absolute Gasteiger partial charge is 0.320 e. The summed E-state index contributed by atoms with van der Waals surface area (Å²) in [6.07, 6.45) is 4.30. The van der Waals surface area contributed by atoms with Gasteiger partial charge in [0.1, 0.15) is 17.6 Å². The summed E-state index contributed by atoms with van der Waals surface area (Å²) in [5, 5.41) is 12.6. The number of pyridine rings is 1. The van der Waals surface area contributed by atoms with E-state index >= 15 is 0 Å². The minimum absolute atomic E-state index is 0.259. The summed E-state index contributed by atoms with van der Waals surface area (Å²) in [5.74, 6) is 0.550. The minimum atomic E-state index is -0.622. The van der Waals surface area contributed by atoms with Gasteiger partial charge in [-0.1, -0.05) is 18.2 Å². The topological polar surface area (TPSA) is 132 Å². The van der Waals surface area contributed by atoms with Crippen LogP contribution in [0.25, 0.3) is 16.9 Å². The maximum Gasteiger partial charge on any atom is 0.320 e. The molecule has 4 aromatic rings. The van der Waals surface area contributed by atoms with Crippen molar-refractivity contribution >= 4 is 17.8 Å². The number of carbonyl (C=O) groups is 1. The molecule has 1 spiro atoms. The van der Waals surface area contributed by atoms with Crippen LogP contribution in [0.1, 0.15) is 17.2 Å². The molecule has 45 heavy (non-hydrogen) atoms. The number of methoxy groups -OCH3 is 1. The molecule has 0 aliphatic carbocycles. The van der Waals surface area contributed by atoms with Crippen LogP contribution in [0.2, 0.25) is 0 Å². The van der Waals surface area contributed by atoms with Crippen molar-refractivity contribution in [3.8, 4) is 16.9 Å². The number of hydroxylamine groups is 2. The minimum Gasteiger partial charge on any atom is -0.383 e. The normalized spacial score (nSPS) is 20.6. The molecule has 3 fully saturated rings. The highest BCUT2D eigenvalue weighted by Gasteiger charge is 2.49. The molecule has 1 aromatic carbocycles. The molecule has 0 radical (unpaired) electrons. The molecule has 234 valence electrons. The van der Waals surface area contributed by atoms with E-state index < -0.39 is 24.1 Å². The number of anilines is 2. The van der Waals surface area contributed by atoms with Gasteiger partial charge in [0.2, 0.25) is 11.9 Å². The zero-order chi connectivity index (χ0) is 31.0. The number of carbonyl (C=O) groups excluding carboxylic acids is 1. The zero-order valence-electron chi connectivity index (χ0n) is 25.0. The van der Waals surface area contributed by atoms with Crippen molar-refractivity contribution in [1.82, 2.24) is 35.1 Å². The second-order valence-corrected chi connectivity index (χ2v) is 11.7. The third-order valence-electron chi connectivity index (χ3n) is 8.39. The van der Waals surface area contributed by atoms with Gasteiger partial charge in [-0.2, -0.15) is 14.6 Å². The lowest BCUT2D eigenvalue weighted by molar-refractivity contribution is -0.154. The zero-order valence-corrected chi connectivity index (χ0v) is 25.0. The molecule has 2 N–H and O–H groups in total. The van der Waals surface area contributed by atoms with E-state index in [2.05, 4.69) is 30.5 Å². The molecular formula is C31H34FN9O4. The third-order valence-corrected chi connectivity index (χ3v) is 8.39. The number of benzene rings is 1. The number of aromatic nitrogens is 5. The third kappa shape index (κ3) is 5.84. The number of para-hydroxylation sites is 1. The Morgan fingerprint density at radius 1 is 1.13 bits per heavy atom. The van der Waals surface area contributed by atoms with Crippen molar-refractivity contribution in [2.24, 2.45) is 5.41 Å². The Balaban J connectivity index is 1.12. The van der Waals surface area contributed by atoms with Crippen LogP contribution < -0.4 is 15.5 Å². The Kier molecular flexibility index (Phi) is 7.87. The van der Waals surface area contributed by atoms with E-state index in [4.69, 9.17) is 19.4 Å². The molecule has 3 saturated heterocycles. The molecule has 3 aliphatic heterocycles. The Morgan fingerprint density at radius 2 is 1.91 bits per heavy atom. The van der Waals surface area contributed by atoms with Gasteiger partial charge in [0.05, 0.1) is 37.0 Å². The van der Waals surface area contributed by atoms with Crippen molar-refractivity contribution in [2.45, 2.75) is 19.1 Å². The molecular weight excluding hydrogens is 581 g/mol. The van der Waals surface area contributed by atoms with Gasteiger partial charge in [0.25, 0.3) is 0 Å². The first-order valence-corrected chi connectivity index (χ1v) is 14.8. The first-order chi connectivity index (χ1) is 21.9. The highest BCUT2D eigenvalue weighted by Crippen LogP contribution is 2.39. The molecule has 2 amide bonds. The Bertz CT molecular complexity index is 1660. The average molecular weight is 616 g/mol.